The minimum Gasteiger partial charge on any atom is -0.457 e. The number of para-hydroxylation sites is 1. The lowest BCUT2D eigenvalue weighted by Gasteiger charge is -2.16. The molecule has 0 aliphatic carbocycles. The van der Waals surface area contributed by atoms with E-state index >= 15 is 0 Å². The Morgan fingerprint density at radius 3 is 2.35 bits per heavy atom. The van der Waals surface area contributed by atoms with E-state index in [1.807, 2.05) is 30.3 Å². The van der Waals surface area contributed by atoms with Crippen molar-refractivity contribution in [1.82, 2.24) is 0 Å². The summed E-state index contributed by atoms with van der Waals surface area (Å²) in [6.07, 6.45) is -2.86. The molecule has 0 saturated carbocycles. The Balaban J connectivity index is 1.59. The van der Waals surface area contributed by atoms with Gasteiger partial charge in [-0.05, 0) is 54.1 Å². The van der Waals surface area contributed by atoms with E-state index in [0.29, 0.717) is 22.0 Å². The Hall–Kier alpha value is -3.10. The molecule has 0 bridgehead atoms. The molecule has 0 atom stereocenters. The average molecular weight is 457 g/mol. The van der Waals surface area contributed by atoms with Gasteiger partial charge in [0, 0.05) is 0 Å². The van der Waals surface area contributed by atoms with Crippen LogP contribution in [0, 0.1) is 0 Å². The molecule has 156 valence electrons. The Morgan fingerprint density at radius 2 is 1.61 bits per heavy atom. The number of halogens is 3. The molecule has 1 saturated heterocycles. The first-order chi connectivity index (χ1) is 14.8. The number of anilines is 1. The van der Waals surface area contributed by atoms with E-state index in [2.05, 4.69) is 0 Å². The normalized spacial score (nSPS) is 15.6. The highest BCUT2D eigenvalue weighted by Gasteiger charge is 2.36. The largest absolute Gasteiger partial charge is 0.457 e. The van der Waals surface area contributed by atoms with Gasteiger partial charge in [0.1, 0.15) is 11.5 Å². The lowest BCUT2D eigenvalue weighted by Crippen LogP contribution is -2.27. The zero-order valence-electron chi connectivity index (χ0n) is 15.8. The molecule has 1 aliphatic rings. The molecule has 0 aromatic heterocycles. The number of carbonyl (C=O) groups excluding carboxylic acids is 1. The van der Waals surface area contributed by atoms with Crippen LogP contribution in [0.1, 0.15) is 11.1 Å². The molecule has 3 aromatic rings. The molecule has 0 spiro atoms. The molecule has 0 N–H and O–H groups in total. The zero-order chi connectivity index (χ0) is 22.0. The number of carbonyl (C=O) groups is 1. The predicted molar refractivity (Wildman–Crippen MR) is 120 cm³/mol. The molecular weight excluding hydrogens is 443 g/mol. The van der Waals surface area contributed by atoms with Gasteiger partial charge in [0.25, 0.3) is 5.91 Å². The van der Waals surface area contributed by atoms with Gasteiger partial charge in [0.15, 0.2) is 4.32 Å². The molecule has 1 amide bonds. The topological polar surface area (TPSA) is 29.5 Å². The summed E-state index contributed by atoms with van der Waals surface area (Å²) in [5.41, 5.74) is -0.0475. The fourth-order valence-corrected chi connectivity index (χ4v) is 4.25. The van der Waals surface area contributed by atoms with Crippen molar-refractivity contribution in [1.29, 1.82) is 0 Å². The Kier molecular flexibility index (Phi) is 5.84. The maximum absolute atomic E-state index is 13.0. The van der Waals surface area contributed by atoms with Crippen LogP contribution in [0.2, 0.25) is 0 Å². The van der Waals surface area contributed by atoms with E-state index < -0.39 is 17.6 Å². The van der Waals surface area contributed by atoms with Crippen LogP contribution in [0.4, 0.5) is 18.9 Å². The van der Waals surface area contributed by atoms with Crippen molar-refractivity contribution < 1.29 is 22.7 Å². The second-order valence-corrected chi connectivity index (χ2v) is 8.23. The van der Waals surface area contributed by atoms with Crippen molar-refractivity contribution in [2.24, 2.45) is 0 Å². The summed E-state index contributed by atoms with van der Waals surface area (Å²) < 4.78 is 45.1. The second kappa shape index (κ2) is 8.56. The van der Waals surface area contributed by atoms with Gasteiger partial charge in [-0.2, -0.15) is 13.2 Å². The molecule has 1 aliphatic heterocycles. The summed E-state index contributed by atoms with van der Waals surface area (Å²) >= 11 is 6.30. The smallest absolute Gasteiger partial charge is 0.416 e. The lowest BCUT2D eigenvalue weighted by atomic mass is 10.1. The SMILES string of the molecule is O=C1/C(=C/c2cccc(Oc3ccccc3)c2)SC(=S)N1c1cccc(C(F)(F)F)c1. The highest BCUT2D eigenvalue weighted by molar-refractivity contribution is 8.27. The number of hydrogen-bond donors (Lipinski definition) is 0. The third-order valence-electron chi connectivity index (χ3n) is 4.36. The molecule has 1 fully saturated rings. The van der Waals surface area contributed by atoms with Gasteiger partial charge in [-0.1, -0.05) is 60.4 Å². The van der Waals surface area contributed by atoms with Gasteiger partial charge in [0.2, 0.25) is 0 Å². The maximum atomic E-state index is 13.0. The zero-order valence-corrected chi connectivity index (χ0v) is 17.4. The van der Waals surface area contributed by atoms with Crippen LogP contribution in [0.5, 0.6) is 11.5 Å². The van der Waals surface area contributed by atoms with Crippen LogP contribution in [-0.4, -0.2) is 10.2 Å². The van der Waals surface area contributed by atoms with E-state index in [1.54, 1.807) is 30.3 Å². The van der Waals surface area contributed by atoms with Gasteiger partial charge >= 0.3 is 6.18 Å². The highest BCUT2D eigenvalue weighted by atomic mass is 32.2. The molecule has 3 aromatic carbocycles. The summed E-state index contributed by atoms with van der Waals surface area (Å²) in [5, 5.41) is 0. The van der Waals surface area contributed by atoms with Gasteiger partial charge in [-0.25, -0.2) is 0 Å². The minimum absolute atomic E-state index is 0.0851. The van der Waals surface area contributed by atoms with Crippen LogP contribution >= 0.6 is 24.0 Å². The summed E-state index contributed by atoms with van der Waals surface area (Å²) in [6.45, 7) is 0. The lowest BCUT2D eigenvalue weighted by molar-refractivity contribution is -0.137. The quantitative estimate of drug-likeness (QED) is 0.315. The van der Waals surface area contributed by atoms with Crippen LogP contribution in [0.25, 0.3) is 6.08 Å². The predicted octanol–water partition coefficient (Wildman–Crippen LogP) is 6.90. The van der Waals surface area contributed by atoms with Crippen molar-refractivity contribution in [2.45, 2.75) is 6.18 Å². The highest BCUT2D eigenvalue weighted by Crippen LogP contribution is 2.38. The van der Waals surface area contributed by atoms with Gasteiger partial charge in [-0.15, -0.1) is 0 Å². The van der Waals surface area contributed by atoms with E-state index in [-0.39, 0.29) is 10.0 Å². The van der Waals surface area contributed by atoms with Crippen molar-refractivity contribution >= 4 is 46.0 Å². The molecule has 1 heterocycles. The number of nitrogens with zero attached hydrogens (tertiary/aromatic N) is 1. The number of benzene rings is 3. The first-order valence-electron chi connectivity index (χ1n) is 9.09. The van der Waals surface area contributed by atoms with Crippen molar-refractivity contribution in [3.8, 4) is 11.5 Å². The molecule has 31 heavy (non-hydrogen) atoms. The fraction of sp³-hybridized carbons (Fsp3) is 0.0435. The third-order valence-corrected chi connectivity index (χ3v) is 5.66. The number of hydrogen-bond acceptors (Lipinski definition) is 4. The molecule has 0 unspecified atom stereocenters. The minimum atomic E-state index is -4.51. The third kappa shape index (κ3) is 4.81. The molecule has 3 nitrogen and oxygen atoms in total. The Bertz CT molecular complexity index is 1180. The van der Waals surface area contributed by atoms with Crippen molar-refractivity contribution in [3.63, 3.8) is 0 Å². The fourth-order valence-electron chi connectivity index (χ4n) is 2.96. The van der Waals surface area contributed by atoms with E-state index in [0.717, 1.165) is 28.8 Å². The monoisotopic (exact) mass is 457 g/mol. The van der Waals surface area contributed by atoms with Gasteiger partial charge in [0.05, 0.1) is 16.2 Å². The standard InChI is InChI=1S/C23H14F3NO2S2/c24-23(25,26)16-7-5-8-17(14-16)27-21(28)20(31-22(27)30)13-15-6-4-11-19(12-15)29-18-9-2-1-3-10-18/h1-14H/b20-13-. The van der Waals surface area contributed by atoms with Crippen LogP contribution < -0.4 is 9.64 Å². The van der Waals surface area contributed by atoms with Crippen molar-refractivity contribution in [2.75, 3.05) is 4.90 Å². The number of rotatable bonds is 4. The first-order valence-corrected chi connectivity index (χ1v) is 10.3. The van der Waals surface area contributed by atoms with Crippen LogP contribution in [0.3, 0.4) is 0 Å². The van der Waals surface area contributed by atoms with Crippen LogP contribution in [-0.2, 0) is 11.0 Å². The molecular formula is C23H14F3NO2S2. The average Bonchev–Trinajstić information content (AvgIpc) is 3.01. The van der Waals surface area contributed by atoms with Crippen molar-refractivity contribution in [3.05, 3.63) is 94.9 Å². The first kappa shape index (κ1) is 21.1. The summed E-state index contributed by atoms with van der Waals surface area (Å²) in [4.78, 5) is 14.3. The maximum Gasteiger partial charge on any atom is 0.416 e. The summed E-state index contributed by atoms with van der Waals surface area (Å²) in [5.74, 6) is 0.799. The number of thioether (sulfide) groups is 1. The summed E-state index contributed by atoms with van der Waals surface area (Å²) in [7, 11) is 0. The van der Waals surface area contributed by atoms with E-state index in [9.17, 15) is 18.0 Å². The molecule has 0 radical (unpaired) electrons. The van der Waals surface area contributed by atoms with Crippen LogP contribution in [0.15, 0.2) is 83.8 Å². The Morgan fingerprint density at radius 1 is 0.903 bits per heavy atom. The molecule has 4 rings (SSSR count). The number of alkyl halides is 3. The number of amides is 1. The Labute approximate surface area is 186 Å². The number of thiocarbonyl (C=S) groups is 1. The number of ether oxygens (including phenoxy) is 1. The van der Waals surface area contributed by atoms with Gasteiger partial charge < -0.3 is 4.74 Å². The van der Waals surface area contributed by atoms with Gasteiger partial charge in [-0.3, -0.25) is 9.69 Å². The second-order valence-electron chi connectivity index (χ2n) is 6.55. The molecule has 8 heteroatoms. The summed E-state index contributed by atoms with van der Waals surface area (Å²) in [6, 6.07) is 21.0. The van der Waals surface area contributed by atoms with E-state index in [4.69, 9.17) is 17.0 Å². The van der Waals surface area contributed by atoms with E-state index in [1.165, 1.54) is 12.1 Å².